The minimum absolute atomic E-state index is 0.0131. The van der Waals surface area contributed by atoms with E-state index in [1.807, 2.05) is 45.0 Å². The highest BCUT2D eigenvalue weighted by Crippen LogP contribution is 2.28. The van der Waals surface area contributed by atoms with E-state index in [1.165, 1.54) is 5.56 Å². The summed E-state index contributed by atoms with van der Waals surface area (Å²) >= 11 is 0. The van der Waals surface area contributed by atoms with Crippen LogP contribution in [0, 0.1) is 0 Å². The Kier molecular flexibility index (Phi) is 4.12. The second-order valence-corrected chi connectivity index (χ2v) is 6.01. The number of amides is 1. The van der Waals surface area contributed by atoms with Crippen molar-refractivity contribution in [1.29, 1.82) is 0 Å². The first-order chi connectivity index (χ1) is 9.37. The van der Waals surface area contributed by atoms with Gasteiger partial charge in [-0.15, -0.1) is 0 Å². The minimum Gasteiger partial charge on any atom is -0.460 e. The van der Waals surface area contributed by atoms with Gasteiger partial charge >= 0.3 is 5.97 Å². The summed E-state index contributed by atoms with van der Waals surface area (Å²) in [6.45, 7) is 6.17. The molecule has 1 heterocycles. The summed E-state index contributed by atoms with van der Waals surface area (Å²) in [4.78, 5) is 25.6. The molecule has 0 N–H and O–H groups in total. The van der Waals surface area contributed by atoms with Crippen LogP contribution in [0.2, 0.25) is 0 Å². The van der Waals surface area contributed by atoms with Gasteiger partial charge in [0, 0.05) is 18.7 Å². The van der Waals surface area contributed by atoms with Crippen molar-refractivity contribution in [3.05, 3.63) is 29.8 Å². The Hall–Kier alpha value is -1.84. The molecule has 0 saturated carbocycles. The van der Waals surface area contributed by atoms with Gasteiger partial charge in [0.05, 0.1) is 6.42 Å². The molecule has 0 unspecified atom stereocenters. The van der Waals surface area contributed by atoms with Crippen molar-refractivity contribution in [2.45, 2.75) is 45.6 Å². The van der Waals surface area contributed by atoms with Crippen LogP contribution in [0.5, 0.6) is 0 Å². The van der Waals surface area contributed by atoms with Crippen molar-refractivity contribution >= 4 is 17.6 Å². The molecule has 4 heteroatoms. The number of ether oxygens (including phenoxy) is 1. The second kappa shape index (κ2) is 5.65. The van der Waals surface area contributed by atoms with Gasteiger partial charge in [-0.25, -0.2) is 0 Å². The highest BCUT2D eigenvalue weighted by atomic mass is 16.6. The fourth-order valence-corrected chi connectivity index (χ4v) is 2.33. The number of anilines is 1. The lowest BCUT2D eigenvalue weighted by atomic mass is 10.2. The average Bonchev–Trinajstić information content (AvgIpc) is 2.78. The largest absolute Gasteiger partial charge is 0.460 e. The molecule has 0 radical (unpaired) electrons. The molecule has 4 nitrogen and oxygen atoms in total. The van der Waals surface area contributed by atoms with E-state index in [-0.39, 0.29) is 24.7 Å². The number of carbonyl (C=O) groups is 2. The number of hydrogen-bond donors (Lipinski definition) is 0. The van der Waals surface area contributed by atoms with Gasteiger partial charge in [-0.05, 0) is 38.8 Å². The van der Waals surface area contributed by atoms with Crippen LogP contribution in [0.1, 0.15) is 39.2 Å². The molecular formula is C16H21NO3. The number of para-hydroxylation sites is 1. The van der Waals surface area contributed by atoms with Crippen LogP contribution in [-0.4, -0.2) is 24.0 Å². The minimum atomic E-state index is -0.500. The monoisotopic (exact) mass is 275 g/mol. The van der Waals surface area contributed by atoms with Crippen molar-refractivity contribution in [3.8, 4) is 0 Å². The maximum atomic E-state index is 12.2. The van der Waals surface area contributed by atoms with Gasteiger partial charge in [-0.1, -0.05) is 18.2 Å². The Balaban J connectivity index is 1.89. The summed E-state index contributed by atoms with van der Waals surface area (Å²) in [6, 6.07) is 7.90. The molecule has 2 rings (SSSR count). The quantitative estimate of drug-likeness (QED) is 0.797. The molecule has 108 valence electrons. The van der Waals surface area contributed by atoms with E-state index >= 15 is 0 Å². The van der Waals surface area contributed by atoms with E-state index < -0.39 is 5.60 Å². The number of carbonyl (C=O) groups excluding carboxylic acids is 2. The first-order valence-electron chi connectivity index (χ1n) is 6.97. The number of fused-ring (bicyclic) bond motifs is 1. The number of hydrogen-bond acceptors (Lipinski definition) is 3. The molecule has 0 spiro atoms. The smallest absolute Gasteiger partial charge is 0.306 e. The van der Waals surface area contributed by atoms with Crippen LogP contribution < -0.4 is 4.90 Å². The van der Waals surface area contributed by atoms with Gasteiger partial charge in [0.1, 0.15) is 5.60 Å². The molecule has 0 atom stereocenters. The van der Waals surface area contributed by atoms with E-state index in [0.717, 1.165) is 12.1 Å². The Morgan fingerprint density at radius 3 is 2.60 bits per heavy atom. The second-order valence-electron chi connectivity index (χ2n) is 6.01. The van der Waals surface area contributed by atoms with Crippen molar-refractivity contribution in [2.24, 2.45) is 0 Å². The molecule has 0 bridgehead atoms. The first-order valence-corrected chi connectivity index (χ1v) is 6.97. The fraction of sp³-hybridized carbons (Fsp3) is 0.500. The maximum Gasteiger partial charge on any atom is 0.306 e. The average molecular weight is 275 g/mol. The summed E-state index contributed by atoms with van der Waals surface area (Å²) in [6.07, 6.45) is 1.21. The van der Waals surface area contributed by atoms with Crippen molar-refractivity contribution in [3.63, 3.8) is 0 Å². The summed E-state index contributed by atoms with van der Waals surface area (Å²) < 4.78 is 5.21. The van der Waals surface area contributed by atoms with Crippen LogP contribution >= 0.6 is 0 Å². The molecule has 1 aliphatic rings. The molecule has 1 aromatic rings. The number of rotatable bonds is 3. The third kappa shape index (κ3) is 3.59. The molecule has 0 fully saturated rings. The molecular weight excluding hydrogens is 254 g/mol. The Morgan fingerprint density at radius 1 is 1.20 bits per heavy atom. The van der Waals surface area contributed by atoms with Gasteiger partial charge in [0.25, 0.3) is 0 Å². The Bertz CT molecular complexity index is 517. The van der Waals surface area contributed by atoms with Crippen molar-refractivity contribution in [2.75, 3.05) is 11.4 Å². The van der Waals surface area contributed by atoms with Gasteiger partial charge in [0.15, 0.2) is 0 Å². The van der Waals surface area contributed by atoms with Gasteiger partial charge < -0.3 is 9.64 Å². The van der Waals surface area contributed by atoms with E-state index in [4.69, 9.17) is 4.74 Å². The van der Waals surface area contributed by atoms with Crippen molar-refractivity contribution in [1.82, 2.24) is 0 Å². The standard InChI is InChI=1S/C16H21NO3/c1-16(2,3)20-15(19)9-8-14(18)17-11-10-12-6-4-5-7-13(12)17/h4-7H,8-11H2,1-3H3. The zero-order valence-corrected chi connectivity index (χ0v) is 12.3. The lowest BCUT2D eigenvalue weighted by Crippen LogP contribution is -2.30. The predicted octanol–water partition coefficient (Wildman–Crippen LogP) is 2.70. The summed E-state index contributed by atoms with van der Waals surface area (Å²) in [5.74, 6) is -0.334. The van der Waals surface area contributed by atoms with Gasteiger partial charge in [-0.2, -0.15) is 0 Å². The Morgan fingerprint density at radius 2 is 1.90 bits per heavy atom. The Labute approximate surface area is 119 Å². The normalized spacial score (nSPS) is 14.1. The highest BCUT2D eigenvalue weighted by molar-refractivity contribution is 5.96. The van der Waals surface area contributed by atoms with Crippen LogP contribution in [0.3, 0.4) is 0 Å². The summed E-state index contributed by atoms with van der Waals surface area (Å²) in [7, 11) is 0. The van der Waals surface area contributed by atoms with Crippen LogP contribution in [-0.2, 0) is 20.7 Å². The molecule has 0 aromatic heterocycles. The third-order valence-electron chi connectivity index (χ3n) is 3.15. The van der Waals surface area contributed by atoms with Crippen LogP contribution in [0.15, 0.2) is 24.3 Å². The summed E-state index contributed by atoms with van der Waals surface area (Å²) in [5.41, 5.74) is 1.67. The predicted molar refractivity (Wildman–Crippen MR) is 77.6 cm³/mol. The lowest BCUT2D eigenvalue weighted by Gasteiger charge is -2.20. The van der Waals surface area contributed by atoms with E-state index in [2.05, 4.69) is 0 Å². The zero-order valence-electron chi connectivity index (χ0n) is 12.3. The first kappa shape index (κ1) is 14.6. The highest BCUT2D eigenvalue weighted by Gasteiger charge is 2.25. The maximum absolute atomic E-state index is 12.2. The number of benzene rings is 1. The molecule has 1 aliphatic heterocycles. The molecule has 1 aromatic carbocycles. The van der Waals surface area contributed by atoms with E-state index in [9.17, 15) is 9.59 Å². The third-order valence-corrected chi connectivity index (χ3v) is 3.15. The van der Waals surface area contributed by atoms with Gasteiger partial charge in [0.2, 0.25) is 5.91 Å². The topological polar surface area (TPSA) is 46.6 Å². The molecule has 0 saturated heterocycles. The fourth-order valence-electron chi connectivity index (χ4n) is 2.33. The van der Waals surface area contributed by atoms with E-state index in [0.29, 0.717) is 6.54 Å². The number of esters is 1. The molecule has 20 heavy (non-hydrogen) atoms. The summed E-state index contributed by atoms with van der Waals surface area (Å²) in [5, 5.41) is 0. The molecule has 1 amide bonds. The van der Waals surface area contributed by atoms with Crippen LogP contribution in [0.4, 0.5) is 5.69 Å². The SMILES string of the molecule is CC(C)(C)OC(=O)CCC(=O)N1CCc2ccccc21. The lowest BCUT2D eigenvalue weighted by molar-refractivity contribution is -0.155. The van der Waals surface area contributed by atoms with Crippen LogP contribution in [0.25, 0.3) is 0 Å². The zero-order chi connectivity index (χ0) is 14.8. The molecule has 0 aliphatic carbocycles. The van der Waals surface area contributed by atoms with Gasteiger partial charge in [-0.3, -0.25) is 9.59 Å². The van der Waals surface area contributed by atoms with E-state index in [1.54, 1.807) is 4.90 Å². The number of nitrogens with zero attached hydrogens (tertiary/aromatic N) is 1. The van der Waals surface area contributed by atoms with Crippen molar-refractivity contribution < 1.29 is 14.3 Å².